The Balaban J connectivity index is 2.52. The van der Waals surface area contributed by atoms with E-state index >= 15 is 0 Å². The van der Waals surface area contributed by atoms with E-state index in [1.807, 2.05) is 6.92 Å². The van der Waals surface area contributed by atoms with Crippen molar-refractivity contribution in [1.29, 1.82) is 0 Å². The molecule has 0 unspecified atom stereocenters. The molecule has 0 atom stereocenters. The average molecular weight is 202 g/mol. The molecule has 0 bridgehead atoms. The monoisotopic (exact) mass is 202 g/mol. The van der Waals surface area contributed by atoms with Crippen LogP contribution in [0.4, 0.5) is 0 Å². The molecular formula is C10H10N4O. The minimum atomic E-state index is -0.195. The third-order valence-electron chi connectivity index (χ3n) is 1.92. The SMILES string of the molecule is C/C=C\n1ncn(-c2ccncc2)c1=O. The Morgan fingerprint density at radius 1 is 1.33 bits per heavy atom. The summed E-state index contributed by atoms with van der Waals surface area (Å²) in [5.74, 6) is 0. The number of hydrogen-bond acceptors (Lipinski definition) is 3. The average Bonchev–Trinajstić information content (AvgIpc) is 2.63. The van der Waals surface area contributed by atoms with Gasteiger partial charge in [0.25, 0.3) is 0 Å². The fourth-order valence-corrected chi connectivity index (χ4v) is 1.24. The Bertz CT molecular complexity index is 524. The molecule has 0 amide bonds. The summed E-state index contributed by atoms with van der Waals surface area (Å²) in [6, 6.07) is 3.51. The molecule has 0 aliphatic heterocycles. The molecule has 2 aromatic heterocycles. The molecule has 76 valence electrons. The molecule has 2 aromatic rings. The van der Waals surface area contributed by atoms with Crippen molar-refractivity contribution in [3.05, 3.63) is 47.4 Å². The molecular weight excluding hydrogens is 192 g/mol. The van der Waals surface area contributed by atoms with Crippen molar-refractivity contribution in [3.8, 4) is 5.69 Å². The van der Waals surface area contributed by atoms with E-state index < -0.39 is 0 Å². The first-order valence-electron chi connectivity index (χ1n) is 4.52. The number of rotatable bonds is 2. The zero-order valence-corrected chi connectivity index (χ0v) is 8.24. The molecule has 0 aromatic carbocycles. The van der Waals surface area contributed by atoms with Crippen LogP contribution < -0.4 is 5.69 Å². The van der Waals surface area contributed by atoms with Crippen LogP contribution in [0.5, 0.6) is 0 Å². The summed E-state index contributed by atoms with van der Waals surface area (Å²) in [5, 5.41) is 3.94. The smallest absolute Gasteiger partial charge is 0.265 e. The van der Waals surface area contributed by atoms with Crippen molar-refractivity contribution in [2.45, 2.75) is 6.92 Å². The van der Waals surface area contributed by atoms with Crippen LogP contribution in [-0.2, 0) is 0 Å². The fraction of sp³-hybridized carbons (Fsp3) is 0.100. The largest absolute Gasteiger partial charge is 0.354 e. The first-order valence-corrected chi connectivity index (χ1v) is 4.52. The predicted octanol–water partition coefficient (Wildman–Crippen LogP) is 0.920. The molecule has 0 radical (unpaired) electrons. The van der Waals surface area contributed by atoms with E-state index in [0.29, 0.717) is 0 Å². The van der Waals surface area contributed by atoms with Crippen molar-refractivity contribution in [1.82, 2.24) is 19.3 Å². The summed E-state index contributed by atoms with van der Waals surface area (Å²) in [6.07, 6.45) is 8.12. The van der Waals surface area contributed by atoms with Gasteiger partial charge >= 0.3 is 5.69 Å². The quantitative estimate of drug-likeness (QED) is 0.727. The minimum Gasteiger partial charge on any atom is -0.265 e. The molecule has 2 heterocycles. The van der Waals surface area contributed by atoms with Crippen molar-refractivity contribution in [2.24, 2.45) is 0 Å². The molecule has 0 spiro atoms. The van der Waals surface area contributed by atoms with Gasteiger partial charge in [0.05, 0.1) is 5.69 Å². The van der Waals surface area contributed by atoms with E-state index in [1.54, 1.807) is 36.8 Å². The van der Waals surface area contributed by atoms with E-state index in [4.69, 9.17) is 0 Å². The van der Waals surface area contributed by atoms with Gasteiger partial charge < -0.3 is 0 Å². The molecule has 15 heavy (non-hydrogen) atoms. The maximum absolute atomic E-state index is 11.8. The molecule has 0 saturated heterocycles. The van der Waals surface area contributed by atoms with Gasteiger partial charge in [-0.3, -0.25) is 4.98 Å². The summed E-state index contributed by atoms with van der Waals surface area (Å²) < 4.78 is 2.74. The lowest BCUT2D eigenvalue weighted by Gasteiger charge is -1.96. The second kappa shape index (κ2) is 3.91. The first-order chi connectivity index (χ1) is 7.33. The summed E-state index contributed by atoms with van der Waals surface area (Å²) in [6.45, 7) is 1.83. The number of allylic oxidation sites excluding steroid dienone is 1. The Hall–Kier alpha value is -2.17. The van der Waals surface area contributed by atoms with E-state index in [2.05, 4.69) is 10.1 Å². The Morgan fingerprint density at radius 2 is 2.07 bits per heavy atom. The molecule has 0 N–H and O–H groups in total. The van der Waals surface area contributed by atoms with Gasteiger partial charge in [-0.05, 0) is 19.1 Å². The summed E-state index contributed by atoms with van der Waals surface area (Å²) >= 11 is 0. The standard InChI is InChI=1S/C10H10N4O/c1-2-7-14-10(15)13(8-12-14)9-3-5-11-6-4-9/h2-8H,1H3/b7-2-. The lowest BCUT2D eigenvalue weighted by molar-refractivity contribution is 0.874. The zero-order valence-electron chi connectivity index (χ0n) is 8.24. The van der Waals surface area contributed by atoms with Crippen molar-refractivity contribution < 1.29 is 0 Å². The van der Waals surface area contributed by atoms with Gasteiger partial charge in [0.15, 0.2) is 0 Å². The number of hydrogen-bond donors (Lipinski definition) is 0. The van der Waals surface area contributed by atoms with Crippen LogP contribution in [0.15, 0.2) is 41.7 Å². The van der Waals surface area contributed by atoms with Gasteiger partial charge in [-0.25, -0.2) is 9.36 Å². The predicted molar refractivity (Wildman–Crippen MR) is 56.6 cm³/mol. The van der Waals surface area contributed by atoms with E-state index in [-0.39, 0.29) is 5.69 Å². The maximum Gasteiger partial charge on any atom is 0.354 e. The normalized spacial score (nSPS) is 11.0. The van der Waals surface area contributed by atoms with E-state index in [1.165, 1.54) is 15.6 Å². The third kappa shape index (κ3) is 1.71. The highest BCUT2D eigenvalue weighted by Gasteiger charge is 2.03. The topological polar surface area (TPSA) is 52.7 Å². The Kier molecular flexibility index (Phi) is 2.45. The summed E-state index contributed by atoms with van der Waals surface area (Å²) in [4.78, 5) is 15.6. The number of pyridine rings is 1. The van der Waals surface area contributed by atoms with Crippen LogP contribution in [0.2, 0.25) is 0 Å². The highest BCUT2D eigenvalue weighted by atomic mass is 16.2. The minimum absolute atomic E-state index is 0.195. The van der Waals surface area contributed by atoms with Gasteiger partial charge in [0.2, 0.25) is 0 Å². The van der Waals surface area contributed by atoms with Crippen LogP contribution in [-0.4, -0.2) is 19.3 Å². The third-order valence-corrected chi connectivity index (χ3v) is 1.92. The van der Waals surface area contributed by atoms with Gasteiger partial charge in [-0.15, -0.1) is 0 Å². The van der Waals surface area contributed by atoms with Crippen molar-refractivity contribution in [3.63, 3.8) is 0 Å². The van der Waals surface area contributed by atoms with Crippen LogP contribution in [0.25, 0.3) is 11.9 Å². The molecule has 0 aliphatic carbocycles. The number of aromatic nitrogens is 4. The lowest BCUT2D eigenvalue weighted by Crippen LogP contribution is -2.20. The molecule has 0 fully saturated rings. The molecule has 0 aliphatic rings. The van der Waals surface area contributed by atoms with Gasteiger partial charge in [-0.2, -0.15) is 9.78 Å². The highest BCUT2D eigenvalue weighted by molar-refractivity contribution is 5.29. The zero-order chi connectivity index (χ0) is 10.7. The van der Waals surface area contributed by atoms with Crippen LogP contribution in [0.1, 0.15) is 6.92 Å². The highest BCUT2D eigenvalue weighted by Crippen LogP contribution is 2.00. The van der Waals surface area contributed by atoms with Crippen LogP contribution in [0.3, 0.4) is 0 Å². The molecule has 0 saturated carbocycles. The summed E-state index contributed by atoms with van der Waals surface area (Å²) in [5.41, 5.74) is 0.560. The van der Waals surface area contributed by atoms with Gasteiger partial charge in [-0.1, -0.05) is 6.08 Å². The Labute approximate surface area is 86.3 Å². The molecule has 5 heteroatoms. The van der Waals surface area contributed by atoms with Crippen LogP contribution >= 0.6 is 0 Å². The van der Waals surface area contributed by atoms with E-state index in [9.17, 15) is 4.79 Å². The van der Waals surface area contributed by atoms with E-state index in [0.717, 1.165) is 5.69 Å². The van der Waals surface area contributed by atoms with Crippen LogP contribution in [0, 0.1) is 0 Å². The second-order valence-corrected chi connectivity index (χ2v) is 2.92. The van der Waals surface area contributed by atoms with Crippen molar-refractivity contribution >= 4 is 6.20 Å². The first kappa shape index (κ1) is 9.39. The van der Waals surface area contributed by atoms with Crippen molar-refractivity contribution in [2.75, 3.05) is 0 Å². The second-order valence-electron chi connectivity index (χ2n) is 2.92. The molecule has 2 rings (SSSR count). The Morgan fingerprint density at radius 3 is 2.73 bits per heavy atom. The fourth-order valence-electron chi connectivity index (χ4n) is 1.24. The number of nitrogens with zero attached hydrogens (tertiary/aromatic N) is 4. The summed E-state index contributed by atoms with van der Waals surface area (Å²) in [7, 11) is 0. The van der Waals surface area contributed by atoms with Gasteiger partial charge in [0, 0.05) is 18.6 Å². The molecule has 5 nitrogen and oxygen atoms in total. The maximum atomic E-state index is 11.8. The van der Waals surface area contributed by atoms with Gasteiger partial charge in [0.1, 0.15) is 6.33 Å². The lowest BCUT2D eigenvalue weighted by atomic mass is 10.4.